The van der Waals surface area contributed by atoms with Crippen molar-refractivity contribution in [2.45, 2.75) is 5.16 Å². The van der Waals surface area contributed by atoms with Crippen LogP contribution in [0.1, 0.15) is 5.56 Å². The first-order valence-electron chi connectivity index (χ1n) is 10.3. The van der Waals surface area contributed by atoms with E-state index in [1.165, 1.54) is 11.8 Å². The number of benzene rings is 2. The van der Waals surface area contributed by atoms with Gasteiger partial charge in [-0.3, -0.25) is 14.3 Å². The summed E-state index contributed by atoms with van der Waals surface area (Å²) in [5, 5.41) is 13.3. The number of anilines is 1. The number of thioether (sulfide) groups is 1. The summed E-state index contributed by atoms with van der Waals surface area (Å²) >= 11 is 4.75. The maximum Gasteiger partial charge on any atom is 0.250 e. The van der Waals surface area contributed by atoms with E-state index in [0.717, 1.165) is 27.0 Å². The van der Waals surface area contributed by atoms with Gasteiger partial charge in [-0.1, -0.05) is 39.8 Å². The normalized spacial score (nSPS) is 11.0. The second kappa shape index (κ2) is 11.1. The number of hydrogen-bond donors (Lipinski definition) is 1. The van der Waals surface area contributed by atoms with Gasteiger partial charge in [-0.2, -0.15) is 5.10 Å². The van der Waals surface area contributed by atoms with Crippen molar-refractivity contribution in [3.05, 3.63) is 83.1 Å². The Morgan fingerprint density at radius 1 is 1.12 bits per heavy atom. The number of carbonyl (C=O) groups excluding carboxylic acids is 1. The second-order valence-corrected chi connectivity index (χ2v) is 9.29. The molecule has 2 aromatic heterocycles. The molecule has 1 N–H and O–H groups in total. The lowest BCUT2D eigenvalue weighted by Crippen LogP contribution is -2.20. The van der Waals surface area contributed by atoms with Crippen LogP contribution in [-0.4, -0.2) is 51.7 Å². The minimum Gasteiger partial charge on any atom is -0.378 e. The monoisotopic (exact) mass is 535 g/mol. The molecule has 0 saturated carbocycles. The number of nitrogens with one attached hydrogen (secondary N) is 1. The first-order valence-corrected chi connectivity index (χ1v) is 12.1. The standard InChI is InChI=1S/C24H22BrN7OS/c1-31(2)20-9-5-17(6-10-20)14-27-28-22(33)16-34-24-30-29-23(18-4-3-13-26-15-18)32(24)21-11-7-19(25)8-12-21/h3-15H,16H2,1-2H3,(H,28,33). The average molecular weight is 536 g/mol. The van der Waals surface area contributed by atoms with Crippen LogP contribution in [0, 0.1) is 0 Å². The number of hydrazone groups is 1. The molecule has 4 rings (SSSR count). The Balaban J connectivity index is 1.45. The van der Waals surface area contributed by atoms with Gasteiger partial charge in [0, 0.05) is 47.9 Å². The van der Waals surface area contributed by atoms with E-state index >= 15 is 0 Å². The molecule has 0 atom stereocenters. The van der Waals surface area contributed by atoms with Crippen molar-refractivity contribution in [1.29, 1.82) is 0 Å². The van der Waals surface area contributed by atoms with Gasteiger partial charge in [0.1, 0.15) is 0 Å². The second-order valence-electron chi connectivity index (χ2n) is 7.43. The first-order chi connectivity index (χ1) is 16.5. The third-order valence-electron chi connectivity index (χ3n) is 4.78. The Labute approximate surface area is 210 Å². The Kier molecular flexibility index (Phi) is 7.71. The van der Waals surface area contributed by atoms with Gasteiger partial charge in [0.15, 0.2) is 11.0 Å². The smallest absolute Gasteiger partial charge is 0.250 e. The molecule has 0 aliphatic carbocycles. The van der Waals surface area contributed by atoms with E-state index in [2.05, 4.69) is 41.6 Å². The third kappa shape index (κ3) is 5.89. The Morgan fingerprint density at radius 3 is 2.56 bits per heavy atom. The lowest BCUT2D eigenvalue weighted by atomic mass is 10.2. The summed E-state index contributed by atoms with van der Waals surface area (Å²) in [6.45, 7) is 0. The Morgan fingerprint density at radius 2 is 1.88 bits per heavy atom. The zero-order chi connectivity index (χ0) is 23.9. The van der Waals surface area contributed by atoms with Crippen molar-refractivity contribution in [1.82, 2.24) is 25.2 Å². The maximum atomic E-state index is 12.4. The van der Waals surface area contributed by atoms with Crippen molar-refractivity contribution < 1.29 is 4.79 Å². The van der Waals surface area contributed by atoms with Crippen LogP contribution in [0.3, 0.4) is 0 Å². The molecule has 1 amide bonds. The van der Waals surface area contributed by atoms with Gasteiger partial charge < -0.3 is 4.90 Å². The highest BCUT2D eigenvalue weighted by Crippen LogP contribution is 2.28. The zero-order valence-corrected chi connectivity index (χ0v) is 21.0. The minimum atomic E-state index is -0.237. The predicted octanol–water partition coefficient (Wildman–Crippen LogP) is 4.40. The van der Waals surface area contributed by atoms with Crippen LogP contribution in [0.4, 0.5) is 5.69 Å². The fourth-order valence-electron chi connectivity index (χ4n) is 3.07. The highest BCUT2D eigenvalue weighted by atomic mass is 79.9. The van der Waals surface area contributed by atoms with Crippen LogP contribution in [0.2, 0.25) is 0 Å². The first kappa shape index (κ1) is 23.7. The van der Waals surface area contributed by atoms with E-state index in [-0.39, 0.29) is 11.7 Å². The molecule has 0 aliphatic heterocycles. The summed E-state index contributed by atoms with van der Waals surface area (Å²) in [4.78, 5) is 18.6. The summed E-state index contributed by atoms with van der Waals surface area (Å²) in [5.41, 5.74) is 6.28. The molecule has 8 nitrogen and oxygen atoms in total. The average Bonchev–Trinajstić information content (AvgIpc) is 3.28. The van der Waals surface area contributed by atoms with Crippen LogP contribution >= 0.6 is 27.7 Å². The Hall–Kier alpha value is -3.50. The molecular formula is C24H22BrN7OS. The van der Waals surface area contributed by atoms with Gasteiger partial charge >= 0.3 is 0 Å². The lowest BCUT2D eigenvalue weighted by Gasteiger charge is -2.11. The number of carbonyl (C=O) groups is 1. The van der Waals surface area contributed by atoms with E-state index in [1.807, 2.05) is 84.2 Å². The molecule has 0 spiro atoms. The highest BCUT2D eigenvalue weighted by Gasteiger charge is 2.17. The number of hydrogen-bond acceptors (Lipinski definition) is 7. The van der Waals surface area contributed by atoms with E-state index in [0.29, 0.717) is 11.0 Å². The Bertz CT molecular complexity index is 1270. The topological polar surface area (TPSA) is 88.3 Å². The van der Waals surface area contributed by atoms with Gasteiger partial charge in [0.05, 0.1) is 12.0 Å². The van der Waals surface area contributed by atoms with Crippen LogP contribution < -0.4 is 10.3 Å². The molecule has 2 heterocycles. The lowest BCUT2D eigenvalue weighted by molar-refractivity contribution is -0.118. The summed E-state index contributed by atoms with van der Waals surface area (Å²) < 4.78 is 2.88. The molecule has 0 fully saturated rings. The predicted molar refractivity (Wildman–Crippen MR) is 140 cm³/mol. The fraction of sp³-hybridized carbons (Fsp3) is 0.125. The number of rotatable bonds is 8. The molecule has 0 saturated heterocycles. The summed E-state index contributed by atoms with van der Waals surface area (Å²) in [7, 11) is 3.97. The number of pyridine rings is 1. The van der Waals surface area contributed by atoms with Crippen LogP contribution in [0.25, 0.3) is 17.1 Å². The highest BCUT2D eigenvalue weighted by molar-refractivity contribution is 9.10. The molecular weight excluding hydrogens is 514 g/mol. The molecule has 0 radical (unpaired) electrons. The molecule has 0 aliphatic rings. The number of amides is 1. The van der Waals surface area contributed by atoms with Crippen LogP contribution in [0.5, 0.6) is 0 Å². The van der Waals surface area contributed by atoms with Gasteiger partial charge in [-0.05, 0) is 54.1 Å². The SMILES string of the molecule is CN(C)c1ccc(C=NNC(=O)CSc2nnc(-c3cccnc3)n2-c2ccc(Br)cc2)cc1. The number of aromatic nitrogens is 4. The van der Waals surface area contributed by atoms with Gasteiger partial charge in [-0.25, -0.2) is 5.43 Å². The van der Waals surface area contributed by atoms with Crippen molar-refractivity contribution >= 4 is 45.5 Å². The molecule has 0 unspecified atom stereocenters. The van der Waals surface area contributed by atoms with Crippen molar-refractivity contribution in [2.75, 3.05) is 24.7 Å². The van der Waals surface area contributed by atoms with E-state index < -0.39 is 0 Å². The van der Waals surface area contributed by atoms with Crippen molar-refractivity contribution in [2.24, 2.45) is 5.10 Å². The van der Waals surface area contributed by atoms with Crippen LogP contribution in [-0.2, 0) is 4.79 Å². The van der Waals surface area contributed by atoms with Crippen molar-refractivity contribution in [3.8, 4) is 17.1 Å². The third-order valence-corrected chi connectivity index (χ3v) is 6.24. The minimum absolute atomic E-state index is 0.138. The summed E-state index contributed by atoms with van der Waals surface area (Å²) in [6.07, 6.45) is 5.06. The number of halogens is 1. The molecule has 172 valence electrons. The molecule has 2 aromatic carbocycles. The van der Waals surface area contributed by atoms with Gasteiger partial charge in [0.25, 0.3) is 5.91 Å². The number of nitrogens with zero attached hydrogens (tertiary/aromatic N) is 6. The summed E-state index contributed by atoms with van der Waals surface area (Å²) in [5.74, 6) is 0.551. The van der Waals surface area contributed by atoms with Gasteiger partial charge in [-0.15, -0.1) is 10.2 Å². The quantitative estimate of drug-likeness (QED) is 0.204. The zero-order valence-electron chi connectivity index (χ0n) is 18.6. The van der Waals surface area contributed by atoms with Crippen molar-refractivity contribution in [3.63, 3.8) is 0 Å². The maximum absolute atomic E-state index is 12.4. The van der Waals surface area contributed by atoms with E-state index in [4.69, 9.17) is 0 Å². The van der Waals surface area contributed by atoms with E-state index in [9.17, 15) is 4.79 Å². The van der Waals surface area contributed by atoms with E-state index in [1.54, 1.807) is 18.6 Å². The van der Waals surface area contributed by atoms with Crippen LogP contribution in [0.15, 0.2) is 87.8 Å². The molecule has 0 bridgehead atoms. The molecule has 10 heteroatoms. The molecule has 4 aromatic rings. The molecule has 34 heavy (non-hydrogen) atoms. The van der Waals surface area contributed by atoms with Gasteiger partial charge in [0.2, 0.25) is 0 Å². The fourth-order valence-corrected chi connectivity index (χ4v) is 4.08. The largest absolute Gasteiger partial charge is 0.378 e. The summed E-state index contributed by atoms with van der Waals surface area (Å²) in [6, 6.07) is 19.5.